The molecule has 1 amide bonds. The first-order valence-corrected chi connectivity index (χ1v) is 12.8. The van der Waals surface area contributed by atoms with Gasteiger partial charge in [0.2, 0.25) is 11.8 Å². The molecule has 4 heterocycles. The summed E-state index contributed by atoms with van der Waals surface area (Å²) < 4.78 is 44.3. The number of hydrogen-bond acceptors (Lipinski definition) is 9. The third-order valence-electron chi connectivity index (χ3n) is 5.34. The number of nitrogens with one attached hydrogen (secondary N) is 1. The molecule has 1 fully saturated rings. The van der Waals surface area contributed by atoms with Gasteiger partial charge in [-0.05, 0) is 43.2 Å². The van der Waals surface area contributed by atoms with Crippen LogP contribution in [0.25, 0.3) is 11.5 Å². The summed E-state index contributed by atoms with van der Waals surface area (Å²) in [5, 5.41) is 10.5. The molecule has 0 bridgehead atoms. The molecular formula is C20H19ClN4O6S2. The van der Waals surface area contributed by atoms with Crippen molar-refractivity contribution in [3.05, 3.63) is 34.7 Å². The van der Waals surface area contributed by atoms with Crippen LogP contribution in [0.3, 0.4) is 0 Å². The van der Waals surface area contributed by atoms with E-state index in [1.54, 1.807) is 24.3 Å². The van der Waals surface area contributed by atoms with Crippen LogP contribution in [-0.4, -0.2) is 55.1 Å². The highest BCUT2D eigenvalue weighted by molar-refractivity contribution is 7.91. The first-order valence-electron chi connectivity index (χ1n) is 10.2. The number of nitrogens with zero attached hydrogens (tertiary/aromatic N) is 3. The number of hydrogen-bond donors (Lipinski definition) is 1. The normalized spacial score (nSPS) is 18.8. The maximum atomic E-state index is 12.9. The monoisotopic (exact) mass is 510 g/mol. The van der Waals surface area contributed by atoms with Gasteiger partial charge in [0.25, 0.3) is 10.0 Å². The van der Waals surface area contributed by atoms with Crippen molar-refractivity contribution in [3.8, 4) is 23.0 Å². The Morgan fingerprint density at radius 3 is 2.76 bits per heavy atom. The van der Waals surface area contributed by atoms with Crippen LogP contribution in [0.15, 0.2) is 39.0 Å². The van der Waals surface area contributed by atoms with Gasteiger partial charge >= 0.3 is 6.01 Å². The zero-order valence-corrected chi connectivity index (χ0v) is 19.6. The van der Waals surface area contributed by atoms with Crippen molar-refractivity contribution in [2.75, 3.05) is 31.6 Å². The van der Waals surface area contributed by atoms with Crippen LogP contribution < -0.4 is 14.8 Å². The van der Waals surface area contributed by atoms with Crippen molar-refractivity contribution in [1.82, 2.24) is 14.5 Å². The number of ether oxygens (including phenoxy) is 2. The average Bonchev–Trinajstić information content (AvgIpc) is 3.48. The predicted molar refractivity (Wildman–Crippen MR) is 120 cm³/mol. The highest BCUT2D eigenvalue weighted by atomic mass is 35.5. The largest absolute Gasteiger partial charge is 0.486 e. The first kappa shape index (κ1) is 22.1. The number of amides is 1. The molecule has 33 heavy (non-hydrogen) atoms. The molecule has 0 aliphatic carbocycles. The van der Waals surface area contributed by atoms with E-state index in [0.717, 1.165) is 11.3 Å². The Labute approximate surface area is 198 Å². The van der Waals surface area contributed by atoms with Crippen LogP contribution in [0.5, 0.6) is 11.5 Å². The van der Waals surface area contributed by atoms with Crippen LogP contribution in [-0.2, 0) is 14.8 Å². The fraction of sp³-hybridized carbons (Fsp3) is 0.350. The van der Waals surface area contributed by atoms with Gasteiger partial charge in [0.05, 0.1) is 10.3 Å². The van der Waals surface area contributed by atoms with Gasteiger partial charge in [0.15, 0.2) is 11.5 Å². The van der Waals surface area contributed by atoms with E-state index in [0.29, 0.717) is 54.0 Å². The summed E-state index contributed by atoms with van der Waals surface area (Å²) in [6.45, 7) is 1.35. The van der Waals surface area contributed by atoms with E-state index >= 15 is 0 Å². The van der Waals surface area contributed by atoms with Crippen LogP contribution >= 0.6 is 22.9 Å². The SMILES string of the molecule is O=C(Nc1nnc(-c2ccc3c(c2)OCCO3)o1)C1CCCN(S(=O)(=O)c2ccc(Cl)s2)C1. The quantitative estimate of drug-likeness (QED) is 0.554. The van der Waals surface area contributed by atoms with Gasteiger partial charge in [-0.15, -0.1) is 16.4 Å². The topological polar surface area (TPSA) is 124 Å². The van der Waals surface area contributed by atoms with E-state index in [4.69, 9.17) is 25.5 Å². The first-order chi connectivity index (χ1) is 15.9. The fourth-order valence-electron chi connectivity index (χ4n) is 3.71. The second-order valence-electron chi connectivity index (χ2n) is 7.52. The molecule has 1 unspecified atom stereocenters. The lowest BCUT2D eigenvalue weighted by atomic mass is 9.99. The molecule has 1 saturated heterocycles. The number of thiophene rings is 1. The standard InChI is InChI=1S/C20H19ClN4O6S2/c21-16-5-6-17(32-16)33(27,28)25-7-1-2-13(11-25)18(26)22-20-24-23-19(31-20)12-3-4-14-15(10-12)30-9-8-29-14/h3-6,10,13H,1-2,7-9,11H2,(H,22,24,26). The Morgan fingerprint density at radius 1 is 1.15 bits per heavy atom. The average molecular weight is 511 g/mol. The van der Waals surface area contributed by atoms with Crippen molar-refractivity contribution in [2.24, 2.45) is 5.92 Å². The van der Waals surface area contributed by atoms with Gasteiger partial charge in [0, 0.05) is 18.7 Å². The lowest BCUT2D eigenvalue weighted by molar-refractivity contribution is -0.121. The van der Waals surface area contributed by atoms with Crippen molar-refractivity contribution in [1.29, 1.82) is 0 Å². The van der Waals surface area contributed by atoms with Gasteiger partial charge in [-0.25, -0.2) is 8.42 Å². The van der Waals surface area contributed by atoms with Crippen LogP contribution in [0.1, 0.15) is 12.8 Å². The number of aromatic nitrogens is 2. The Hall–Kier alpha value is -2.67. The van der Waals surface area contributed by atoms with E-state index in [1.807, 2.05) is 0 Å². The van der Waals surface area contributed by atoms with Crippen molar-refractivity contribution < 1.29 is 27.1 Å². The van der Waals surface area contributed by atoms with E-state index in [1.165, 1.54) is 10.4 Å². The summed E-state index contributed by atoms with van der Waals surface area (Å²) in [6.07, 6.45) is 1.11. The Morgan fingerprint density at radius 2 is 1.97 bits per heavy atom. The molecule has 3 aromatic rings. The molecule has 1 atom stereocenters. The number of benzene rings is 1. The minimum atomic E-state index is -3.71. The van der Waals surface area contributed by atoms with Crippen molar-refractivity contribution in [2.45, 2.75) is 17.1 Å². The Bertz CT molecular complexity index is 1290. The third-order valence-corrected chi connectivity index (χ3v) is 8.91. The Kier molecular flexibility index (Phi) is 5.99. The molecular weight excluding hydrogens is 492 g/mol. The predicted octanol–water partition coefficient (Wildman–Crippen LogP) is 3.26. The number of sulfonamides is 1. The van der Waals surface area contributed by atoms with Gasteiger partial charge in [-0.1, -0.05) is 16.7 Å². The lowest BCUT2D eigenvalue weighted by Crippen LogP contribution is -2.43. The fourth-order valence-corrected chi connectivity index (χ4v) is 6.87. The number of carbonyl (C=O) groups excluding carboxylic acids is 1. The number of rotatable bonds is 5. The molecule has 10 nitrogen and oxygen atoms in total. The minimum Gasteiger partial charge on any atom is -0.486 e. The minimum absolute atomic E-state index is 0.0603. The molecule has 0 radical (unpaired) electrons. The number of halogens is 1. The number of carbonyl (C=O) groups is 1. The number of fused-ring (bicyclic) bond motifs is 1. The second-order valence-corrected chi connectivity index (χ2v) is 11.4. The maximum Gasteiger partial charge on any atom is 0.322 e. The van der Waals surface area contributed by atoms with E-state index in [-0.39, 0.29) is 28.6 Å². The zero-order chi connectivity index (χ0) is 23.0. The Balaban J connectivity index is 1.26. The van der Waals surface area contributed by atoms with Crippen molar-refractivity contribution >= 4 is 44.9 Å². The van der Waals surface area contributed by atoms with Gasteiger partial charge < -0.3 is 13.9 Å². The van der Waals surface area contributed by atoms with E-state index in [2.05, 4.69) is 15.5 Å². The molecule has 1 N–H and O–H groups in total. The third kappa shape index (κ3) is 4.56. The van der Waals surface area contributed by atoms with Gasteiger partial charge in [-0.3, -0.25) is 10.1 Å². The highest BCUT2D eigenvalue weighted by Crippen LogP contribution is 2.35. The highest BCUT2D eigenvalue weighted by Gasteiger charge is 2.34. The van der Waals surface area contributed by atoms with Crippen LogP contribution in [0, 0.1) is 5.92 Å². The molecule has 5 rings (SSSR count). The second kappa shape index (κ2) is 8.93. The molecule has 2 aliphatic rings. The molecule has 13 heteroatoms. The summed E-state index contributed by atoms with van der Waals surface area (Å²) in [5.41, 5.74) is 0.622. The van der Waals surface area contributed by atoms with E-state index in [9.17, 15) is 13.2 Å². The summed E-state index contributed by atoms with van der Waals surface area (Å²) in [7, 11) is -3.71. The van der Waals surface area contributed by atoms with Crippen LogP contribution in [0.2, 0.25) is 4.34 Å². The van der Waals surface area contributed by atoms with Crippen molar-refractivity contribution in [3.63, 3.8) is 0 Å². The molecule has 1 aromatic carbocycles. The summed E-state index contributed by atoms with van der Waals surface area (Å²) in [4.78, 5) is 12.8. The number of anilines is 1. The van der Waals surface area contributed by atoms with Gasteiger partial charge in [0.1, 0.15) is 17.4 Å². The maximum absolute atomic E-state index is 12.9. The molecule has 174 valence electrons. The summed E-state index contributed by atoms with van der Waals surface area (Å²) >= 11 is 6.89. The zero-order valence-electron chi connectivity index (χ0n) is 17.2. The van der Waals surface area contributed by atoms with Crippen LogP contribution in [0.4, 0.5) is 6.01 Å². The molecule has 2 aliphatic heterocycles. The van der Waals surface area contributed by atoms with E-state index < -0.39 is 15.9 Å². The smallest absolute Gasteiger partial charge is 0.322 e. The van der Waals surface area contributed by atoms with Gasteiger partial charge in [-0.2, -0.15) is 4.31 Å². The molecule has 2 aromatic heterocycles. The summed E-state index contributed by atoms with van der Waals surface area (Å²) in [6, 6.07) is 8.20. The lowest BCUT2D eigenvalue weighted by Gasteiger charge is -2.30. The summed E-state index contributed by atoms with van der Waals surface area (Å²) in [5.74, 6) is 0.507. The molecule has 0 saturated carbocycles. The number of piperidine rings is 1. The molecule has 0 spiro atoms.